The van der Waals surface area contributed by atoms with Gasteiger partial charge in [-0.3, -0.25) is 9.59 Å². The minimum atomic E-state index is -0.785. The average molecular weight is 240 g/mol. The monoisotopic (exact) mass is 240 g/mol. The molecule has 0 aromatic carbocycles. The van der Waals surface area contributed by atoms with Gasteiger partial charge in [0.25, 0.3) is 5.91 Å². The average Bonchev–Trinajstić information content (AvgIpc) is 2.69. The molecule has 1 heterocycles. The highest BCUT2D eigenvalue weighted by Crippen LogP contribution is 2.04. The van der Waals surface area contributed by atoms with Crippen LogP contribution in [0.15, 0.2) is 10.8 Å². The molecule has 0 bridgehead atoms. The van der Waals surface area contributed by atoms with Gasteiger partial charge in [0.05, 0.1) is 0 Å². The molecule has 0 atom stereocenters. The Labute approximate surface area is 99.0 Å². The summed E-state index contributed by atoms with van der Waals surface area (Å²) in [5.74, 6) is -0.546. The molecule has 0 aliphatic carbocycles. The lowest BCUT2D eigenvalue weighted by Crippen LogP contribution is -2.25. The molecule has 0 aliphatic heterocycles. The molecule has 94 valence electrons. The van der Waals surface area contributed by atoms with Gasteiger partial charge in [0.2, 0.25) is 0 Å². The van der Waals surface area contributed by atoms with Crippen LogP contribution in [0.1, 0.15) is 41.9 Å². The van der Waals surface area contributed by atoms with Gasteiger partial charge < -0.3 is 14.8 Å². The topological polar surface area (TPSA) is 92.4 Å². The second-order valence-corrected chi connectivity index (χ2v) is 3.72. The van der Waals surface area contributed by atoms with Crippen molar-refractivity contribution in [2.75, 3.05) is 6.54 Å². The molecule has 1 amide bonds. The number of hydrogen-bond donors (Lipinski definition) is 2. The van der Waals surface area contributed by atoms with Gasteiger partial charge in [-0.2, -0.15) is 0 Å². The zero-order valence-electron chi connectivity index (χ0n) is 9.73. The van der Waals surface area contributed by atoms with Crippen molar-refractivity contribution in [3.63, 3.8) is 0 Å². The zero-order valence-corrected chi connectivity index (χ0v) is 9.73. The minimum Gasteiger partial charge on any atom is -0.481 e. The molecule has 0 spiro atoms. The summed E-state index contributed by atoms with van der Waals surface area (Å²) in [6.07, 6.45) is 3.59. The summed E-state index contributed by atoms with van der Waals surface area (Å²) in [4.78, 5) is 25.6. The number of aromatic nitrogens is 1. The summed E-state index contributed by atoms with van der Waals surface area (Å²) < 4.78 is 4.92. The first-order valence-electron chi connectivity index (χ1n) is 5.51. The molecule has 0 unspecified atom stereocenters. The number of unbranched alkanes of at least 4 members (excludes halogenated alkanes) is 2. The SMILES string of the molecule is Cc1ocnc1C(=O)NCCCCCC(=O)O. The van der Waals surface area contributed by atoms with Crippen molar-refractivity contribution in [1.29, 1.82) is 0 Å². The normalized spacial score (nSPS) is 10.2. The van der Waals surface area contributed by atoms with Crippen LogP contribution in [0, 0.1) is 6.92 Å². The van der Waals surface area contributed by atoms with Gasteiger partial charge in [-0.1, -0.05) is 6.42 Å². The Kier molecular flexibility index (Phi) is 5.19. The van der Waals surface area contributed by atoms with E-state index in [1.165, 1.54) is 6.39 Å². The number of hydrogen-bond acceptors (Lipinski definition) is 4. The van der Waals surface area contributed by atoms with Gasteiger partial charge in [-0.25, -0.2) is 4.98 Å². The van der Waals surface area contributed by atoms with Gasteiger partial charge >= 0.3 is 5.97 Å². The van der Waals surface area contributed by atoms with Crippen LogP contribution in [0.2, 0.25) is 0 Å². The van der Waals surface area contributed by atoms with E-state index < -0.39 is 5.97 Å². The number of nitrogens with zero attached hydrogens (tertiary/aromatic N) is 1. The Hall–Kier alpha value is -1.85. The molecule has 6 nitrogen and oxygen atoms in total. The summed E-state index contributed by atoms with van der Waals surface area (Å²) in [6, 6.07) is 0. The molecule has 1 aromatic rings. The summed E-state index contributed by atoms with van der Waals surface area (Å²) in [7, 11) is 0. The van der Waals surface area contributed by atoms with Crippen molar-refractivity contribution < 1.29 is 19.1 Å². The van der Waals surface area contributed by atoms with Crippen molar-refractivity contribution in [2.45, 2.75) is 32.6 Å². The Morgan fingerprint density at radius 3 is 2.76 bits per heavy atom. The fourth-order valence-electron chi connectivity index (χ4n) is 1.39. The second kappa shape index (κ2) is 6.67. The summed E-state index contributed by atoms with van der Waals surface area (Å²) in [6.45, 7) is 2.19. The third-order valence-electron chi connectivity index (χ3n) is 2.31. The standard InChI is InChI=1S/C11H16N2O4/c1-8-10(13-7-17-8)11(16)12-6-4-2-3-5-9(14)15/h7H,2-6H2,1H3,(H,12,16)(H,14,15). The maximum absolute atomic E-state index is 11.5. The van der Waals surface area contributed by atoms with E-state index >= 15 is 0 Å². The lowest BCUT2D eigenvalue weighted by atomic mass is 10.2. The first kappa shape index (κ1) is 13.2. The van der Waals surface area contributed by atoms with Crippen LogP contribution in [-0.4, -0.2) is 28.5 Å². The Bertz CT molecular complexity index is 387. The predicted octanol–water partition coefficient (Wildman–Crippen LogP) is 1.36. The number of carboxylic acids is 1. The maximum Gasteiger partial charge on any atom is 0.303 e. The van der Waals surface area contributed by atoms with Crippen molar-refractivity contribution in [3.8, 4) is 0 Å². The maximum atomic E-state index is 11.5. The van der Waals surface area contributed by atoms with Crippen LogP contribution in [0.25, 0.3) is 0 Å². The number of carbonyl (C=O) groups is 2. The number of nitrogens with one attached hydrogen (secondary N) is 1. The van der Waals surface area contributed by atoms with Crippen molar-refractivity contribution in [1.82, 2.24) is 10.3 Å². The molecule has 0 radical (unpaired) electrons. The lowest BCUT2D eigenvalue weighted by molar-refractivity contribution is -0.137. The fraction of sp³-hybridized carbons (Fsp3) is 0.545. The number of rotatable bonds is 7. The van der Waals surface area contributed by atoms with E-state index in [9.17, 15) is 9.59 Å². The van der Waals surface area contributed by atoms with Crippen molar-refractivity contribution >= 4 is 11.9 Å². The molecule has 2 N–H and O–H groups in total. The molecular weight excluding hydrogens is 224 g/mol. The Morgan fingerprint density at radius 1 is 1.41 bits per heavy atom. The number of carboxylic acid groups (broad SMARTS) is 1. The molecule has 1 rings (SSSR count). The van der Waals surface area contributed by atoms with Crippen LogP contribution in [-0.2, 0) is 4.79 Å². The molecule has 6 heteroatoms. The number of aliphatic carboxylic acids is 1. The highest BCUT2D eigenvalue weighted by molar-refractivity contribution is 5.92. The van der Waals surface area contributed by atoms with Gasteiger partial charge in [0.15, 0.2) is 12.1 Å². The highest BCUT2D eigenvalue weighted by Gasteiger charge is 2.12. The largest absolute Gasteiger partial charge is 0.481 e. The molecule has 1 aromatic heterocycles. The minimum absolute atomic E-state index is 0.177. The van der Waals surface area contributed by atoms with E-state index in [4.69, 9.17) is 9.52 Å². The van der Waals surface area contributed by atoms with E-state index in [0.717, 1.165) is 12.8 Å². The molecular formula is C11H16N2O4. The predicted molar refractivity (Wildman–Crippen MR) is 59.7 cm³/mol. The van der Waals surface area contributed by atoms with Gasteiger partial charge in [-0.05, 0) is 19.8 Å². The molecule has 0 saturated heterocycles. The van der Waals surface area contributed by atoms with Crippen LogP contribution in [0.4, 0.5) is 0 Å². The van der Waals surface area contributed by atoms with Gasteiger partial charge in [0, 0.05) is 13.0 Å². The van der Waals surface area contributed by atoms with Crippen molar-refractivity contribution in [2.24, 2.45) is 0 Å². The fourth-order valence-corrected chi connectivity index (χ4v) is 1.39. The van der Waals surface area contributed by atoms with E-state index in [-0.39, 0.29) is 12.3 Å². The second-order valence-electron chi connectivity index (χ2n) is 3.72. The van der Waals surface area contributed by atoms with E-state index in [1.807, 2.05) is 0 Å². The molecule has 17 heavy (non-hydrogen) atoms. The quantitative estimate of drug-likeness (QED) is 0.702. The summed E-state index contributed by atoms with van der Waals surface area (Å²) in [5.41, 5.74) is 0.301. The van der Waals surface area contributed by atoms with Crippen LogP contribution >= 0.6 is 0 Å². The summed E-state index contributed by atoms with van der Waals surface area (Å²) in [5, 5.41) is 11.1. The Balaban J connectivity index is 2.13. The van der Waals surface area contributed by atoms with Crippen LogP contribution < -0.4 is 5.32 Å². The van der Waals surface area contributed by atoms with E-state index in [1.54, 1.807) is 6.92 Å². The molecule has 0 saturated carbocycles. The number of amides is 1. The third-order valence-corrected chi connectivity index (χ3v) is 2.31. The molecule has 0 aliphatic rings. The van der Waals surface area contributed by atoms with E-state index in [0.29, 0.717) is 24.4 Å². The van der Waals surface area contributed by atoms with Gasteiger partial charge in [0.1, 0.15) is 5.76 Å². The van der Waals surface area contributed by atoms with E-state index in [2.05, 4.69) is 10.3 Å². The Morgan fingerprint density at radius 2 is 2.18 bits per heavy atom. The van der Waals surface area contributed by atoms with Crippen LogP contribution in [0.3, 0.4) is 0 Å². The summed E-state index contributed by atoms with van der Waals surface area (Å²) >= 11 is 0. The van der Waals surface area contributed by atoms with Crippen LogP contribution in [0.5, 0.6) is 0 Å². The first-order chi connectivity index (χ1) is 8.11. The number of oxazole rings is 1. The number of carbonyl (C=O) groups excluding carboxylic acids is 1. The third kappa shape index (κ3) is 4.67. The smallest absolute Gasteiger partial charge is 0.303 e. The number of aryl methyl sites for hydroxylation is 1. The zero-order chi connectivity index (χ0) is 12.7. The van der Waals surface area contributed by atoms with Gasteiger partial charge in [-0.15, -0.1) is 0 Å². The first-order valence-corrected chi connectivity index (χ1v) is 5.51. The van der Waals surface area contributed by atoms with Crippen molar-refractivity contribution in [3.05, 3.63) is 17.8 Å². The highest BCUT2D eigenvalue weighted by atomic mass is 16.4. The molecule has 0 fully saturated rings. The lowest BCUT2D eigenvalue weighted by Gasteiger charge is -2.02.